The Morgan fingerprint density at radius 1 is 1.48 bits per heavy atom. The third-order valence-electron chi connectivity index (χ3n) is 3.76. The summed E-state index contributed by atoms with van der Waals surface area (Å²) in [5.74, 6) is 2.15. The molecule has 128 valence electrons. The SMILES string of the molecule is CNc1cc(N2CCC(CN(C)C(=O)OC(C)(C)C)C2)ncn1. The lowest BCUT2D eigenvalue weighted by Gasteiger charge is -2.26. The van der Waals surface area contributed by atoms with Crippen molar-refractivity contribution in [3.05, 3.63) is 12.4 Å². The van der Waals surface area contributed by atoms with Crippen LogP contribution in [0.25, 0.3) is 0 Å². The molecule has 7 heteroatoms. The van der Waals surface area contributed by atoms with Crippen molar-refractivity contribution >= 4 is 17.7 Å². The first-order valence-electron chi connectivity index (χ1n) is 7.97. The summed E-state index contributed by atoms with van der Waals surface area (Å²) in [6.45, 7) is 8.15. The molecule has 0 saturated carbocycles. The minimum absolute atomic E-state index is 0.268. The monoisotopic (exact) mass is 321 g/mol. The van der Waals surface area contributed by atoms with Crippen LogP contribution in [0.5, 0.6) is 0 Å². The Bertz CT molecular complexity index is 544. The molecule has 0 aliphatic carbocycles. The predicted molar refractivity (Wildman–Crippen MR) is 90.8 cm³/mol. The first-order chi connectivity index (χ1) is 10.8. The molecule has 1 aromatic heterocycles. The number of hydrogen-bond acceptors (Lipinski definition) is 6. The normalized spacial score (nSPS) is 18.0. The number of hydrogen-bond donors (Lipinski definition) is 1. The van der Waals surface area contributed by atoms with Gasteiger partial charge in [0, 0.05) is 39.8 Å². The summed E-state index contributed by atoms with van der Waals surface area (Å²) in [7, 11) is 3.63. The zero-order valence-corrected chi connectivity index (χ0v) is 14.7. The Morgan fingerprint density at radius 3 is 2.87 bits per heavy atom. The second kappa shape index (κ2) is 7.02. The topological polar surface area (TPSA) is 70.6 Å². The van der Waals surface area contributed by atoms with Crippen LogP contribution in [0.4, 0.5) is 16.4 Å². The van der Waals surface area contributed by atoms with Crippen molar-refractivity contribution in [2.75, 3.05) is 43.9 Å². The molecule has 7 nitrogen and oxygen atoms in total. The zero-order chi connectivity index (χ0) is 17.0. The number of carbonyl (C=O) groups is 1. The van der Waals surface area contributed by atoms with E-state index in [-0.39, 0.29) is 6.09 Å². The highest BCUT2D eigenvalue weighted by Gasteiger charge is 2.27. The van der Waals surface area contributed by atoms with E-state index in [0.29, 0.717) is 12.5 Å². The highest BCUT2D eigenvalue weighted by atomic mass is 16.6. The number of ether oxygens (including phenoxy) is 1. The van der Waals surface area contributed by atoms with E-state index in [1.807, 2.05) is 33.9 Å². The van der Waals surface area contributed by atoms with Crippen LogP contribution in [-0.4, -0.2) is 60.3 Å². The average molecular weight is 321 g/mol. The molecule has 1 aromatic rings. The molecule has 0 spiro atoms. The highest BCUT2D eigenvalue weighted by molar-refractivity contribution is 5.67. The smallest absolute Gasteiger partial charge is 0.410 e. The van der Waals surface area contributed by atoms with E-state index in [1.165, 1.54) is 0 Å². The standard InChI is InChI=1S/C16H27N5O2/c1-16(2,3)23-15(22)20(5)9-12-6-7-21(10-12)14-8-13(17-4)18-11-19-14/h8,11-12H,6-7,9-10H2,1-5H3,(H,17,18,19). The van der Waals surface area contributed by atoms with Gasteiger partial charge in [0.15, 0.2) is 0 Å². The summed E-state index contributed by atoms with van der Waals surface area (Å²) in [5, 5.41) is 3.02. The van der Waals surface area contributed by atoms with Gasteiger partial charge < -0.3 is 19.9 Å². The summed E-state index contributed by atoms with van der Waals surface area (Å²) in [6, 6.07) is 1.94. The van der Waals surface area contributed by atoms with E-state index >= 15 is 0 Å². The predicted octanol–water partition coefficient (Wildman–Crippen LogP) is 2.21. The molecule has 0 bridgehead atoms. The molecule has 1 fully saturated rings. The quantitative estimate of drug-likeness (QED) is 0.917. The number of anilines is 2. The van der Waals surface area contributed by atoms with Gasteiger partial charge in [-0.2, -0.15) is 0 Å². The van der Waals surface area contributed by atoms with E-state index in [0.717, 1.165) is 31.1 Å². The Balaban J connectivity index is 1.88. The molecular formula is C16H27N5O2. The lowest BCUT2D eigenvalue weighted by Crippen LogP contribution is -2.37. The van der Waals surface area contributed by atoms with Gasteiger partial charge in [0.1, 0.15) is 23.6 Å². The Kier molecular flexibility index (Phi) is 5.28. The molecule has 2 heterocycles. The molecule has 23 heavy (non-hydrogen) atoms. The van der Waals surface area contributed by atoms with Crippen molar-refractivity contribution in [2.24, 2.45) is 5.92 Å². The molecule has 0 aromatic carbocycles. The van der Waals surface area contributed by atoms with E-state index in [1.54, 1.807) is 18.3 Å². The average Bonchev–Trinajstić information content (AvgIpc) is 2.94. The molecule has 1 atom stereocenters. The first kappa shape index (κ1) is 17.3. The molecule has 0 radical (unpaired) electrons. The largest absolute Gasteiger partial charge is 0.444 e. The molecule has 1 aliphatic rings. The third kappa shape index (κ3) is 4.97. The molecule has 1 N–H and O–H groups in total. The van der Waals surface area contributed by atoms with Gasteiger partial charge in [-0.15, -0.1) is 0 Å². The van der Waals surface area contributed by atoms with Gasteiger partial charge in [-0.1, -0.05) is 0 Å². The van der Waals surface area contributed by atoms with Crippen molar-refractivity contribution in [3.8, 4) is 0 Å². The van der Waals surface area contributed by atoms with E-state index < -0.39 is 5.60 Å². The van der Waals surface area contributed by atoms with Gasteiger partial charge in [-0.25, -0.2) is 14.8 Å². The van der Waals surface area contributed by atoms with Gasteiger partial charge in [-0.05, 0) is 33.1 Å². The first-order valence-corrected chi connectivity index (χ1v) is 7.97. The number of amides is 1. The van der Waals surface area contributed by atoms with Crippen molar-refractivity contribution in [1.29, 1.82) is 0 Å². The molecule has 1 aliphatic heterocycles. The number of carbonyl (C=O) groups excluding carboxylic acids is 1. The van der Waals surface area contributed by atoms with Crippen molar-refractivity contribution in [1.82, 2.24) is 14.9 Å². The van der Waals surface area contributed by atoms with Crippen LogP contribution < -0.4 is 10.2 Å². The Morgan fingerprint density at radius 2 is 2.22 bits per heavy atom. The number of nitrogens with zero attached hydrogens (tertiary/aromatic N) is 4. The highest BCUT2D eigenvalue weighted by Crippen LogP contribution is 2.24. The minimum atomic E-state index is -0.461. The minimum Gasteiger partial charge on any atom is -0.444 e. The maximum atomic E-state index is 12.0. The molecule has 1 saturated heterocycles. The van der Waals surface area contributed by atoms with Gasteiger partial charge in [-0.3, -0.25) is 0 Å². The molecule has 2 rings (SSSR count). The van der Waals surface area contributed by atoms with Crippen LogP contribution >= 0.6 is 0 Å². The third-order valence-corrected chi connectivity index (χ3v) is 3.76. The maximum Gasteiger partial charge on any atom is 0.410 e. The van der Waals surface area contributed by atoms with Gasteiger partial charge >= 0.3 is 6.09 Å². The van der Waals surface area contributed by atoms with Crippen molar-refractivity contribution in [3.63, 3.8) is 0 Å². The van der Waals surface area contributed by atoms with E-state index in [4.69, 9.17) is 4.74 Å². The van der Waals surface area contributed by atoms with Crippen molar-refractivity contribution < 1.29 is 9.53 Å². The fraction of sp³-hybridized carbons (Fsp3) is 0.688. The van der Waals surface area contributed by atoms with Gasteiger partial charge in [0.05, 0.1) is 0 Å². The molecule has 1 amide bonds. The van der Waals surface area contributed by atoms with E-state index in [2.05, 4.69) is 20.2 Å². The number of rotatable bonds is 4. The summed E-state index contributed by atoms with van der Waals surface area (Å²) in [6.07, 6.45) is 2.34. The Hall–Kier alpha value is -2.05. The fourth-order valence-electron chi connectivity index (χ4n) is 2.65. The summed E-state index contributed by atoms with van der Waals surface area (Å²) < 4.78 is 5.40. The van der Waals surface area contributed by atoms with Crippen LogP contribution in [0.3, 0.4) is 0 Å². The zero-order valence-electron chi connectivity index (χ0n) is 14.7. The van der Waals surface area contributed by atoms with Crippen LogP contribution in [0.15, 0.2) is 12.4 Å². The second-order valence-electron chi connectivity index (χ2n) is 6.97. The maximum absolute atomic E-state index is 12.0. The van der Waals surface area contributed by atoms with Crippen molar-refractivity contribution in [2.45, 2.75) is 32.8 Å². The van der Waals surface area contributed by atoms with Gasteiger partial charge in [0.25, 0.3) is 0 Å². The number of nitrogens with one attached hydrogen (secondary N) is 1. The van der Waals surface area contributed by atoms with Crippen LogP contribution in [0.2, 0.25) is 0 Å². The van der Waals surface area contributed by atoms with E-state index in [9.17, 15) is 4.79 Å². The van der Waals surface area contributed by atoms with Crippen LogP contribution in [0.1, 0.15) is 27.2 Å². The fourth-order valence-corrected chi connectivity index (χ4v) is 2.65. The van der Waals surface area contributed by atoms with Crippen LogP contribution in [0, 0.1) is 5.92 Å². The summed E-state index contributed by atoms with van der Waals surface area (Å²) >= 11 is 0. The second-order valence-corrected chi connectivity index (χ2v) is 6.97. The summed E-state index contributed by atoms with van der Waals surface area (Å²) in [5.41, 5.74) is -0.461. The van der Waals surface area contributed by atoms with Crippen LogP contribution in [-0.2, 0) is 4.74 Å². The molecular weight excluding hydrogens is 294 g/mol. The lowest BCUT2D eigenvalue weighted by atomic mass is 10.1. The lowest BCUT2D eigenvalue weighted by molar-refractivity contribution is 0.0277. The Labute approximate surface area is 138 Å². The molecule has 1 unspecified atom stereocenters. The summed E-state index contributed by atoms with van der Waals surface area (Å²) in [4.78, 5) is 24.4. The number of aromatic nitrogens is 2. The van der Waals surface area contributed by atoms with Gasteiger partial charge in [0.2, 0.25) is 0 Å².